The van der Waals surface area contributed by atoms with E-state index in [1.54, 1.807) is 24.3 Å². The van der Waals surface area contributed by atoms with E-state index in [1.807, 2.05) is 76.0 Å². The minimum Gasteiger partial charge on any atom is -0.324 e. The molecule has 0 aliphatic carbocycles. The summed E-state index contributed by atoms with van der Waals surface area (Å²) in [7, 11) is -1.62. The van der Waals surface area contributed by atoms with Crippen molar-refractivity contribution in [2.45, 2.75) is 19.6 Å². The first-order valence-corrected chi connectivity index (χ1v) is 29.8. The molecule has 0 saturated carbocycles. The topological polar surface area (TPSA) is 307 Å². The van der Waals surface area contributed by atoms with E-state index in [-0.39, 0.29) is 103 Å². The number of hydrogen-bond donors (Lipinski definition) is 6. The first-order valence-electron chi connectivity index (χ1n) is 23.9. The molecule has 0 amide bonds. The first kappa shape index (κ1) is 54.5. The van der Waals surface area contributed by atoms with Crippen LogP contribution in [-0.2, 0) is 40.1 Å². The molecule has 3 aromatic heterocycles. The molecule has 9 rings (SSSR count). The summed E-state index contributed by atoms with van der Waals surface area (Å²) in [6.07, 6.45) is 0. The zero-order chi connectivity index (χ0) is 54.5. The number of fused-ring (bicyclic) bond motifs is 20. The van der Waals surface area contributed by atoms with E-state index in [0.717, 1.165) is 0 Å². The van der Waals surface area contributed by atoms with Crippen LogP contribution in [0.1, 0.15) is 0 Å². The second kappa shape index (κ2) is 21.3. The molecular formula is C48H58N16O8S4. The number of aromatic amines is 2. The largest absolute Gasteiger partial charge is 0.324 e. The van der Waals surface area contributed by atoms with Gasteiger partial charge in [0, 0.05) is 96.2 Å². The fraction of sp³-hybridized carbons (Fsp3) is 0.333. The Morgan fingerprint density at radius 2 is 0.605 bits per heavy atom. The Balaban J connectivity index is 1.35. The van der Waals surface area contributed by atoms with E-state index >= 15 is 0 Å². The van der Waals surface area contributed by atoms with Crippen LogP contribution in [-0.4, -0.2) is 202 Å². The van der Waals surface area contributed by atoms with Crippen molar-refractivity contribution in [3.8, 4) is 45.6 Å². The summed E-state index contributed by atoms with van der Waals surface area (Å²) in [6, 6.07) is 17.8. The smallest absolute Gasteiger partial charge is 0.240 e. The Kier molecular flexibility index (Phi) is 15.3. The second-order valence-electron chi connectivity index (χ2n) is 19.2. The first-order chi connectivity index (χ1) is 35.9. The summed E-state index contributed by atoms with van der Waals surface area (Å²) >= 11 is 0. The number of nitrogens with one attached hydrogen (secondary N) is 6. The maximum atomic E-state index is 13.8. The van der Waals surface area contributed by atoms with Gasteiger partial charge in [0.1, 0.15) is 22.6 Å². The Morgan fingerprint density at radius 3 is 0.908 bits per heavy atom. The van der Waals surface area contributed by atoms with Gasteiger partial charge in [-0.05, 0) is 129 Å². The molecule has 0 fully saturated rings. The lowest BCUT2D eigenvalue weighted by Crippen LogP contribution is -2.31. The van der Waals surface area contributed by atoms with Gasteiger partial charge in [-0.1, -0.05) is 0 Å². The number of H-pyrrole nitrogens is 2. The average Bonchev–Trinajstić information content (AvgIpc) is 4.08. The molecular weight excluding hydrogens is 1060 g/mol. The van der Waals surface area contributed by atoms with E-state index in [1.165, 1.54) is 48.5 Å². The molecule has 0 spiro atoms. The van der Waals surface area contributed by atoms with Crippen molar-refractivity contribution in [3.63, 3.8) is 0 Å². The van der Waals surface area contributed by atoms with Crippen molar-refractivity contribution in [1.82, 2.24) is 78.4 Å². The van der Waals surface area contributed by atoms with Crippen LogP contribution in [0, 0.1) is 0 Å². The summed E-state index contributed by atoms with van der Waals surface area (Å²) in [5.74, 6) is 0.214. The monoisotopic (exact) mass is 1110 g/mol. The molecule has 0 radical (unpaired) electrons. The van der Waals surface area contributed by atoms with Crippen LogP contribution in [0.15, 0.2) is 92.4 Å². The van der Waals surface area contributed by atoms with Crippen molar-refractivity contribution < 1.29 is 33.7 Å². The molecule has 7 aromatic rings. The average molecular weight is 1120 g/mol. The Morgan fingerprint density at radius 1 is 0.342 bits per heavy atom. The predicted octanol–water partition coefficient (Wildman–Crippen LogP) is 2.23. The van der Waals surface area contributed by atoms with Gasteiger partial charge in [0.2, 0.25) is 40.1 Å². The summed E-state index contributed by atoms with van der Waals surface area (Å²) in [5.41, 5.74) is 1.89. The molecule has 6 N–H and O–H groups in total. The Hall–Kier alpha value is -6.28. The molecule has 24 nitrogen and oxygen atoms in total. The third kappa shape index (κ3) is 11.5. The van der Waals surface area contributed by atoms with Gasteiger partial charge in [0.25, 0.3) is 0 Å². The maximum absolute atomic E-state index is 13.8. The van der Waals surface area contributed by atoms with Gasteiger partial charge in [-0.15, -0.1) is 0 Å². The van der Waals surface area contributed by atoms with Crippen LogP contribution in [0.3, 0.4) is 0 Å². The van der Waals surface area contributed by atoms with E-state index in [2.05, 4.69) is 28.9 Å². The van der Waals surface area contributed by atoms with Crippen molar-refractivity contribution in [3.05, 3.63) is 72.8 Å². The number of sulfonamides is 4. The summed E-state index contributed by atoms with van der Waals surface area (Å²) in [6.45, 7) is 2.29. The molecule has 2 aliphatic heterocycles. The standard InChI is InChI=1S/C48H58N16O8S4/c1-61(2)21-17-49-73(65,66)29-9-13-33-37(25-29)45-53-41(33)58-46-39-27-31(75(69,70)51-19-23-63(5)6)11-15-35(39)43(55-46)60-48-40-28-32(76(71,72)52-20-24-64(7)8)12-16-36(40)44(56-48)59-47-38-26-30(10-14-34(38)42(54-47)57-45)74(67,68)50-18-22-62(3)4/h9-16,25-28,49-52H,17-24H2,1-8H3,(H2,53,54,55,56,57,58,59,60). The summed E-state index contributed by atoms with van der Waals surface area (Å²) < 4.78 is 121. The number of rotatable bonds is 20. The van der Waals surface area contributed by atoms with E-state index < -0.39 is 40.1 Å². The highest BCUT2D eigenvalue weighted by molar-refractivity contribution is 7.90. The normalized spacial score (nSPS) is 13.2. The van der Waals surface area contributed by atoms with Crippen LogP contribution in [0.25, 0.3) is 89.7 Å². The van der Waals surface area contributed by atoms with Crippen LogP contribution in [0.5, 0.6) is 0 Å². The van der Waals surface area contributed by atoms with Crippen molar-refractivity contribution in [2.75, 3.05) is 109 Å². The lowest BCUT2D eigenvalue weighted by molar-refractivity contribution is 0.412. The van der Waals surface area contributed by atoms with Gasteiger partial charge >= 0.3 is 0 Å². The molecule has 402 valence electrons. The zero-order valence-electron chi connectivity index (χ0n) is 43.0. The van der Waals surface area contributed by atoms with Gasteiger partial charge < -0.3 is 29.6 Å². The molecule has 4 aromatic carbocycles. The molecule has 0 atom stereocenters. The van der Waals surface area contributed by atoms with Gasteiger partial charge in [0.15, 0.2) is 23.3 Å². The highest BCUT2D eigenvalue weighted by Crippen LogP contribution is 2.39. The number of aromatic nitrogens is 8. The summed E-state index contributed by atoms with van der Waals surface area (Å²) in [5, 5.41) is 1.44. The van der Waals surface area contributed by atoms with Crippen LogP contribution >= 0.6 is 0 Å². The van der Waals surface area contributed by atoms with Crippen LogP contribution in [0.4, 0.5) is 0 Å². The third-order valence-corrected chi connectivity index (χ3v) is 18.2. The number of hydrogen-bond acceptors (Lipinski definition) is 18. The van der Waals surface area contributed by atoms with E-state index in [4.69, 9.17) is 29.9 Å². The predicted molar refractivity (Wildman–Crippen MR) is 291 cm³/mol. The van der Waals surface area contributed by atoms with Crippen molar-refractivity contribution >= 4 is 84.2 Å². The van der Waals surface area contributed by atoms with Crippen molar-refractivity contribution in [1.29, 1.82) is 0 Å². The van der Waals surface area contributed by atoms with Gasteiger partial charge in [0.05, 0.1) is 19.6 Å². The van der Waals surface area contributed by atoms with Crippen LogP contribution in [0.2, 0.25) is 0 Å². The third-order valence-electron chi connectivity index (χ3n) is 12.4. The van der Waals surface area contributed by atoms with Gasteiger partial charge in [-0.25, -0.2) is 82.5 Å². The number of likely N-dealkylation sites (N-methyl/N-ethyl adjacent to an activating group) is 4. The Labute approximate surface area is 440 Å². The minimum absolute atomic E-state index is 0.0316. The molecule has 2 aliphatic rings. The number of benzene rings is 4. The van der Waals surface area contributed by atoms with Crippen LogP contribution < -0.4 is 18.9 Å². The SMILES string of the molecule is CN(C)CCNS(=O)(=O)c1ccc2c(c1)-c1nc-2nc2[nH]c(nc3nc(nc4[nH]c(n1)c1ccc(S(=O)(=O)NCCN(C)C)cc41)-c1ccc(S(=O)(=O)NCCN(C)C)cc1-3)c1ccc(S(=O)(=O)NCCN(C)C)cc21. The van der Waals surface area contributed by atoms with Crippen molar-refractivity contribution in [2.24, 2.45) is 0 Å². The maximum Gasteiger partial charge on any atom is 0.240 e. The summed E-state index contributed by atoms with van der Waals surface area (Å²) in [4.78, 5) is 43.3. The number of nitrogens with zero attached hydrogens (tertiary/aromatic N) is 10. The van der Waals surface area contributed by atoms with E-state index in [9.17, 15) is 33.7 Å². The Bertz CT molecular complexity index is 3810. The fourth-order valence-corrected chi connectivity index (χ4v) is 12.5. The second-order valence-corrected chi connectivity index (χ2v) is 26.3. The zero-order valence-corrected chi connectivity index (χ0v) is 46.2. The molecule has 0 saturated heterocycles. The fourth-order valence-electron chi connectivity index (χ4n) is 8.33. The quantitative estimate of drug-likeness (QED) is 0.0638. The highest BCUT2D eigenvalue weighted by atomic mass is 32.2. The lowest BCUT2D eigenvalue weighted by atomic mass is 10.1. The minimum atomic E-state index is -4.06. The van der Waals surface area contributed by atoms with Gasteiger partial charge in [-0.2, -0.15) is 0 Å². The van der Waals surface area contributed by atoms with Gasteiger partial charge in [-0.3, -0.25) is 0 Å². The highest BCUT2D eigenvalue weighted by Gasteiger charge is 2.28. The lowest BCUT2D eigenvalue weighted by Gasteiger charge is -2.11. The molecule has 0 unspecified atom stereocenters. The molecule has 76 heavy (non-hydrogen) atoms. The van der Waals surface area contributed by atoms with E-state index in [0.29, 0.717) is 58.9 Å². The molecule has 8 bridgehead atoms. The molecule has 28 heteroatoms. The molecule has 5 heterocycles.